The molecule has 1 atom stereocenters. The van der Waals surface area contributed by atoms with Crippen molar-refractivity contribution in [2.45, 2.75) is 39.2 Å². The quantitative estimate of drug-likeness (QED) is 0.716. The summed E-state index contributed by atoms with van der Waals surface area (Å²) in [6, 6.07) is 4.01. The predicted octanol–water partition coefficient (Wildman–Crippen LogP) is 1.94. The number of carboxylic acid groups (broad SMARTS) is 1. The second kappa shape index (κ2) is 9.17. The van der Waals surface area contributed by atoms with Gasteiger partial charge in [-0.05, 0) is 37.3 Å². The van der Waals surface area contributed by atoms with Crippen molar-refractivity contribution in [3.63, 3.8) is 0 Å². The Bertz CT molecular complexity index is 627. The van der Waals surface area contributed by atoms with Crippen LogP contribution in [0.15, 0.2) is 24.4 Å². The molecule has 0 spiro atoms. The highest BCUT2D eigenvalue weighted by molar-refractivity contribution is 5.92. The van der Waals surface area contributed by atoms with Crippen molar-refractivity contribution in [1.82, 2.24) is 15.2 Å². The number of hydrogen-bond acceptors (Lipinski definition) is 4. The molecule has 8 heteroatoms. The highest BCUT2D eigenvalue weighted by Crippen LogP contribution is 2.19. The molecule has 2 rings (SSSR count). The smallest absolute Gasteiger partial charge is 0.326 e. The average Bonchev–Trinajstić information content (AvgIpc) is 2.61. The lowest BCUT2D eigenvalue weighted by atomic mass is 9.96. The van der Waals surface area contributed by atoms with Crippen LogP contribution in [0.5, 0.6) is 0 Å². The minimum Gasteiger partial charge on any atom is -0.480 e. The largest absolute Gasteiger partial charge is 0.480 e. The zero-order valence-corrected chi connectivity index (χ0v) is 15.1. The molecule has 1 aliphatic rings. The first-order chi connectivity index (χ1) is 12.4. The van der Waals surface area contributed by atoms with Crippen LogP contribution in [0.2, 0.25) is 0 Å². The lowest BCUT2D eigenvalue weighted by Crippen LogP contribution is -2.51. The number of hydrogen-bond donors (Lipinski definition) is 3. The molecule has 1 saturated heterocycles. The Labute approximate surface area is 153 Å². The van der Waals surface area contributed by atoms with E-state index in [1.807, 2.05) is 13.8 Å². The summed E-state index contributed by atoms with van der Waals surface area (Å²) < 4.78 is 0. The molecule has 0 aromatic carbocycles. The molecule has 1 aromatic rings. The van der Waals surface area contributed by atoms with Gasteiger partial charge in [-0.15, -0.1) is 0 Å². The fourth-order valence-electron chi connectivity index (χ4n) is 2.94. The number of carbonyl (C=O) groups is 3. The van der Waals surface area contributed by atoms with Gasteiger partial charge in [-0.1, -0.05) is 19.9 Å². The number of aromatic nitrogens is 1. The maximum absolute atomic E-state index is 12.3. The van der Waals surface area contributed by atoms with Crippen LogP contribution in [-0.2, 0) is 9.59 Å². The molecular weight excluding hydrogens is 336 g/mol. The lowest BCUT2D eigenvalue weighted by molar-refractivity contribution is -0.139. The number of rotatable bonds is 6. The molecule has 26 heavy (non-hydrogen) atoms. The Kier molecular flexibility index (Phi) is 6.94. The molecular formula is C18H26N4O4. The molecule has 0 aliphatic carbocycles. The van der Waals surface area contributed by atoms with Gasteiger partial charge in [0.1, 0.15) is 11.9 Å². The summed E-state index contributed by atoms with van der Waals surface area (Å²) in [6.07, 6.45) is 3.06. The van der Waals surface area contributed by atoms with Crippen molar-refractivity contribution < 1.29 is 19.5 Å². The van der Waals surface area contributed by atoms with Crippen LogP contribution in [0, 0.1) is 11.8 Å². The van der Waals surface area contributed by atoms with E-state index in [2.05, 4.69) is 15.6 Å². The fraction of sp³-hybridized carbons (Fsp3) is 0.556. The molecule has 1 aliphatic heterocycles. The number of amides is 3. The molecule has 1 aromatic heterocycles. The van der Waals surface area contributed by atoms with Crippen molar-refractivity contribution in [3.05, 3.63) is 24.4 Å². The second-order valence-electron chi connectivity index (χ2n) is 6.94. The number of urea groups is 1. The van der Waals surface area contributed by atoms with Crippen LogP contribution >= 0.6 is 0 Å². The van der Waals surface area contributed by atoms with Crippen molar-refractivity contribution in [2.75, 3.05) is 18.4 Å². The van der Waals surface area contributed by atoms with Crippen LogP contribution in [0.3, 0.4) is 0 Å². The van der Waals surface area contributed by atoms with Crippen LogP contribution in [0.25, 0.3) is 0 Å². The van der Waals surface area contributed by atoms with Gasteiger partial charge in [0.25, 0.3) is 0 Å². The van der Waals surface area contributed by atoms with Gasteiger partial charge in [-0.3, -0.25) is 4.79 Å². The zero-order chi connectivity index (χ0) is 19.1. The molecule has 3 amide bonds. The van der Waals surface area contributed by atoms with Crippen molar-refractivity contribution >= 4 is 23.7 Å². The van der Waals surface area contributed by atoms with Gasteiger partial charge in [0.2, 0.25) is 5.91 Å². The molecule has 0 saturated carbocycles. The fourth-order valence-corrected chi connectivity index (χ4v) is 2.94. The summed E-state index contributed by atoms with van der Waals surface area (Å²) in [6.45, 7) is 4.65. The summed E-state index contributed by atoms with van der Waals surface area (Å²) in [4.78, 5) is 41.5. The Morgan fingerprint density at radius 1 is 1.27 bits per heavy atom. The van der Waals surface area contributed by atoms with Crippen molar-refractivity contribution in [3.8, 4) is 0 Å². The monoisotopic (exact) mass is 362 g/mol. The van der Waals surface area contributed by atoms with Crippen molar-refractivity contribution in [2.24, 2.45) is 11.8 Å². The van der Waals surface area contributed by atoms with Gasteiger partial charge in [0.05, 0.1) is 0 Å². The minimum atomic E-state index is -1.03. The van der Waals surface area contributed by atoms with E-state index in [4.69, 9.17) is 0 Å². The number of aliphatic carboxylic acids is 1. The molecule has 0 bridgehead atoms. The first-order valence-electron chi connectivity index (χ1n) is 8.87. The Morgan fingerprint density at radius 3 is 2.50 bits per heavy atom. The molecule has 1 fully saturated rings. The van der Waals surface area contributed by atoms with E-state index in [1.54, 1.807) is 29.3 Å². The third kappa shape index (κ3) is 5.72. The van der Waals surface area contributed by atoms with E-state index in [1.165, 1.54) is 0 Å². The predicted molar refractivity (Wildman–Crippen MR) is 96.6 cm³/mol. The van der Waals surface area contributed by atoms with E-state index in [0.717, 1.165) is 0 Å². The standard InChI is InChI=1S/C18H26N4O4/c1-12(2)11-14(17(24)25)20-18(26)22-9-6-13(7-10-22)16(23)21-15-5-3-4-8-19-15/h3-5,8,12-14H,6-7,9-11H2,1-2H3,(H,20,26)(H,24,25)(H,19,21,23)/t14-/m0/s1. The van der Waals surface area contributed by atoms with Crippen LogP contribution in [-0.4, -0.2) is 52.0 Å². The van der Waals surface area contributed by atoms with Crippen LogP contribution in [0.4, 0.5) is 10.6 Å². The van der Waals surface area contributed by atoms with Gasteiger partial charge < -0.3 is 20.6 Å². The number of nitrogens with one attached hydrogen (secondary N) is 2. The summed E-state index contributed by atoms with van der Waals surface area (Å²) in [5.41, 5.74) is 0. The van der Waals surface area contributed by atoms with E-state index < -0.39 is 12.0 Å². The van der Waals surface area contributed by atoms with Crippen LogP contribution < -0.4 is 10.6 Å². The number of piperidine rings is 1. The lowest BCUT2D eigenvalue weighted by Gasteiger charge is -2.32. The summed E-state index contributed by atoms with van der Waals surface area (Å²) >= 11 is 0. The number of anilines is 1. The molecule has 0 radical (unpaired) electrons. The van der Waals surface area contributed by atoms with Gasteiger partial charge in [0, 0.05) is 25.2 Å². The highest BCUT2D eigenvalue weighted by Gasteiger charge is 2.29. The van der Waals surface area contributed by atoms with Crippen molar-refractivity contribution in [1.29, 1.82) is 0 Å². The Hall–Kier alpha value is -2.64. The van der Waals surface area contributed by atoms with E-state index in [-0.39, 0.29) is 23.8 Å². The summed E-state index contributed by atoms with van der Waals surface area (Å²) in [7, 11) is 0. The maximum Gasteiger partial charge on any atom is 0.326 e. The SMILES string of the molecule is CC(C)C[C@H](NC(=O)N1CCC(C(=O)Nc2ccccn2)CC1)C(=O)O. The maximum atomic E-state index is 12.3. The van der Waals surface area contributed by atoms with Crippen LogP contribution in [0.1, 0.15) is 33.1 Å². The normalized spacial score (nSPS) is 16.2. The Balaban J connectivity index is 1.82. The van der Waals surface area contributed by atoms with Gasteiger partial charge in [-0.2, -0.15) is 0 Å². The van der Waals surface area contributed by atoms with Gasteiger partial charge >= 0.3 is 12.0 Å². The highest BCUT2D eigenvalue weighted by atomic mass is 16.4. The number of carboxylic acids is 1. The first-order valence-corrected chi connectivity index (χ1v) is 8.87. The molecule has 8 nitrogen and oxygen atoms in total. The number of carbonyl (C=O) groups excluding carboxylic acids is 2. The second-order valence-corrected chi connectivity index (χ2v) is 6.94. The Morgan fingerprint density at radius 2 is 1.96 bits per heavy atom. The minimum absolute atomic E-state index is 0.105. The van der Waals surface area contributed by atoms with E-state index >= 15 is 0 Å². The third-order valence-electron chi connectivity index (χ3n) is 4.37. The third-order valence-corrected chi connectivity index (χ3v) is 4.37. The molecule has 142 valence electrons. The zero-order valence-electron chi connectivity index (χ0n) is 15.1. The van der Waals surface area contributed by atoms with Gasteiger partial charge in [-0.25, -0.2) is 14.6 Å². The first kappa shape index (κ1) is 19.7. The number of likely N-dealkylation sites (tertiary alicyclic amines) is 1. The number of pyridine rings is 1. The number of nitrogens with zero attached hydrogens (tertiary/aromatic N) is 2. The average molecular weight is 362 g/mol. The van der Waals surface area contributed by atoms with E-state index in [0.29, 0.717) is 38.2 Å². The van der Waals surface area contributed by atoms with Gasteiger partial charge in [0.15, 0.2) is 0 Å². The topological polar surface area (TPSA) is 112 Å². The van der Waals surface area contributed by atoms with E-state index in [9.17, 15) is 19.5 Å². The summed E-state index contributed by atoms with van der Waals surface area (Å²) in [5.74, 6) is -0.649. The molecule has 0 unspecified atom stereocenters. The molecule has 2 heterocycles. The summed E-state index contributed by atoms with van der Waals surface area (Å²) in [5, 5.41) is 14.6. The molecule has 3 N–H and O–H groups in total.